The van der Waals surface area contributed by atoms with Gasteiger partial charge in [-0.05, 0) is 12.3 Å². The van der Waals surface area contributed by atoms with Gasteiger partial charge in [0.25, 0.3) is 0 Å². The molecule has 0 aliphatic carbocycles. The van der Waals surface area contributed by atoms with Crippen molar-refractivity contribution in [2.75, 3.05) is 13.6 Å². The maximum atomic E-state index is 13.6. The predicted molar refractivity (Wildman–Crippen MR) is 111 cm³/mol. The first-order valence-corrected chi connectivity index (χ1v) is 10.1. The van der Waals surface area contributed by atoms with Crippen LogP contribution in [0.3, 0.4) is 0 Å². The minimum Gasteiger partial charge on any atom is -0.391 e. The van der Waals surface area contributed by atoms with Crippen LogP contribution in [0.4, 0.5) is 0 Å². The molecule has 1 saturated heterocycles. The molecule has 1 fully saturated rings. The Kier molecular flexibility index (Phi) is 5.92. The van der Waals surface area contributed by atoms with Crippen molar-refractivity contribution in [1.29, 1.82) is 0 Å². The summed E-state index contributed by atoms with van der Waals surface area (Å²) in [6.07, 6.45) is 1.13. The first-order valence-electron chi connectivity index (χ1n) is 9.77. The predicted octanol–water partition coefficient (Wildman–Crippen LogP) is 0.935. The highest BCUT2D eigenvalue weighted by atomic mass is 35.5. The monoisotopic (exact) mass is 437 g/mol. The van der Waals surface area contributed by atoms with E-state index in [2.05, 4.69) is 20.7 Å². The van der Waals surface area contributed by atoms with E-state index in [-0.39, 0.29) is 24.8 Å². The molecule has 2 amide bonds. The molecule has 0 spiro atoms. The number of nitrogens with one attached hydrogen (secondary N) is 1. The molecule has 11 heteroatoms. The smallest absolute Gasteiger partial charge is 0.248 e. The van der Waals surface area contributed by atoms with Crippen molar-refractivity contribution >= 4 is 23.4 Å². The van der Waals surface area contributed by atoms with Crippen molar-refractivity contribution in [3.63, 3.8) is 0 Å². The number of likely N-dealkylation sites (tertiary alicyclic amines) is 1. The van der Waals surface area contributed by atoms with Gasteiger partial charge in [-0.3, -0.25) is 14.3 Å². The third kappa shape index (κ3) is 3.93. The average Bonchev–Trinajstić information content (AvgIpc) is 3.32. The molecule has 2 aromatic rings. The van der Waals surface area contributed by atoms with Gasteiger partial charge in [0, 0.05) is 27.1 Å². The highest BCUT2D eigenvalue weighted by Gasteiger charge is 2.45. The number of hydrogen-bond donors (Lipinski definition) is 2. The fraction of sp³-hybridized carbons (Fsp3) is 0.632. The van der Waals surface area contributed by atoms with Gasteiger partial charge in [-0.15, -0.1) is 5.10 Å². The molecular formula is C19H28ClN7O3. The summed E-state index contributed by atoms with van der Waals surface area (Å²) in [7, 11) is 3.25. The van der Waals surface area contributed by atoms with Gasteiger partial charge in [0.15, 0.2) is 0 Å². The fourth-order valence-electron chi connectivity index (χ4n) is 3.95. The molecule has 2 aromatic heterocycles. The zero-order valence-corrected chi connectivity index (χ0v) is 18.8. The number of aromatic nitrogens is 5. The molecule has 2 N–H and O–H groups in total. The lowest BCUT2D eigenvalue weighted by Crippen LogP contribution is -2.49. The number of halogens is 1. The number of aryl methyl sites for hydroxylation is 2. The Morgan fingerprint density at radius 2 is 2.03 bits per heavy atom. The fourth-order valence-corrected chi connectivity index (χ4v) is 4.22. The van der Waals surface area contributed by atoms with E-state index >= 15 is 0 Å². The van der Waals surface area contributed by atoms with Crippen molar-refractivity contribution in [3.8, 4) is 11.3 Å². The molecule has 3 atom stereocenters. The summed E-state index contributed by atoms with van der Waals surface area (Å²) in [6, 6.07) is -1.45. The number of β-amino-alcohol motifs (C(OH)–C–C–N with tert-alkyl or cyclic N) is 1. The van der Waals surface area contributed by atoms with E-state index in [1.54, 1.807) is 17.9 Å². The number of hydrogen-bond acceptors (Lipinski definition) is 6. The molecular weight excluding hydrogens is 410 g/mol. The van der Waals surface area contributed by atoms with Crippen molar-refractivity contribution in [1.82, 2.24) is 35.0 Å². The molecule has 3 heterocycles. The Morgan fingerprint density at radius 3 is 2.57 bits per heavy atom. The van der Waals surface area contributed by atoms with Gasteiger partial charge in [0.05, 0.1) is 23.6 Å². The maximum absolute atomic E-state index is 13.6. The van der Waals surface area contributed by atoms with E-state index in [1.807, 2.05) is 27.7 Å². The minimum atomic E-state index is -0.750. The van der Waals surface area contributed by atoms with Crippen molar-refractivity contribution < 1.29 is 14.7 Å². The number of carbonyl (C=O) groups is 2. The Hall–Kier alpha value is -2.46. The van der Waals surface area contributed by atoms with Crippen molar-refractivity contribution in [2.45, 2.75) is 52.3 Å². The van der Waals surface area contributed by atoms with Crippen LogP contribution in [0.25, 0.3) is 11.3 Å². The van der Waals surface area contributed by atoms with Gasteiger partial charge in [-0.2, -0.15) is 5.10 Å². The molecule has 1 aliphatic rings. The zero-order valence-electron chi connectivity index (χ0n) is 18.0. The van der Waals surface area contributed by atoms with Gasteiger partial charge in [-0.25, -0.2) is 4.68 Å². The lowest BCUT2D eigenvalue weighted by atomic mass is 9.85. The number of rotatable bonds is 4. The van der Waals surface area contributed by atoms with Crippen LogP contribution in [0.2, 0.25) is 5.15 Å². The van der Waals surface area contributed by atoms with E-state index in [1.165, 1.54) is 16.6 Å². The standard InChI is InChI=1S/C19H28ClN7O3/c1-10-14(16(20)25(6)23-10)12-9-27(24-22-12)15(19(2,3)4)18(30)26-8-11(28)7-13(26)17(29)21-5/h9,11,13,15,28H,7-8H2,1-6H3,(H,21,29)/t11-,13+,15-/m1/s1. The number of aliphatic hydroxyl groups excluding tert-OH is 1. The molecule has 0 saturated carbocycles. The van der Waals surface area contributed by atoms with E-state index in [0.717, 1.165) is 0 Å². The first-order chi connectivity index (χ1) is 14.0. The second kappa shape index (κ2) is 7.99. The van der Waals surface area contributed by atoms with Crippen LogP contribution in [-0.2, 0) is 16.6 Å². The lowest BCUT2D eigenvalue weighted by molar-refractivity contribution is -0.144. The van der Waals surface area contributed by atoms with E-state index in [4.69, 9.17) is 11.6 Å². The average molecular weight is 438 g/mol. The zero-order chi connectivity index (χ0) is 22.4. The summed E-state index contributed by atoms with van der Waals surface area (Å²) in [5.74, 6) is -0.595. The van der Waals surface area contributed by atoms with Gasteiger partial charge in [-0.1, -0.05) is 37.6 Å². The quantitative estimate of drug-likeness (QED) is 0.734. The van der Waals surface area contributed by atoms with Crippen molar-refractivity contribution in [3.05, 3.63) is 17.0 Å². The van der Waals surface area contributed by atoms with Crippen LogP contribution in [-0.4, -0.2) is 72.3 Å². The molecule has 3 rings (SSSR count). The Labute approximate surface area is 180 Å². The molecule has 1 aliphatic heterocycles. The summed E-state index contributed by atoms with van der Waals surface area (Å²) < 4.78 is 3.06. The van der Waals surface area contributed by atoms with Crippen molar-refractivity contribution in [2.24, 2.45) is 12.5 Å². The first kappa shape index (κ1) is 22.2. The SMILES string of the molecule is CNC(=O)[C@@H]1C[C@@H](O)CN1C(=O)[C@@H](n1cc(-c2c(C)nn(C)c2Cl)nn1)C(C)(C)C. The normalized spacial score (nSPS) is 20.5. The maximum Gasteiger partial charge on any atom is 0.248 e. The van der Waals surface area contributed by atoms with Crippen LogP contribution in [0, 0.1) is 12.3 Å². The number of amides is 2. The summed E-state index contributed by atoms with van der Waals surface area (Å²) in [4.78, 5) is 27.3. The Morgan fingerprint density at radius 1 is 1.37 bits per heavy atom. The van der Waals surface area contributed by atoms with E-state index in [0.29, 0.717) is 22.1 Å². The molecule has 10 nitrogen and oxygen atoms in total. The lowest BCUT2D eigenvalue weighted by Gasteiger charge is -2.34. The molecule has 0 unspecified atom stereocenters. The minimum absolute atomic E-state index is 0.0958. The largest absolute Gasteiger partial charge is 0.391 e. The van der Waals surface area contributed by atoms with Crippen LogP contribution in [0.5, 0.6) is 0 Å². The van der Waals surface area contributed by atoms with E-state index < -0.39 is 23.6 Å². The van der Waals surface area contributed by atoms with Crippen LogP contribution < -0.4 is 5.32 Å². The number of aliphatic hydroxyl groups is 1. The topological polar surface area (TPSA) is 118 Å². The number of nitrogens with zero attached hydrogens (tertiary/aromatic N) is 6. The van der Waals surface area contributed by atoms with Gasteiger partial charge < -0.3 is 15.3 Å². The molecule has 0 bridgehead atoms. The van der Waals surface area contributed by atoms with Crippen LogP contribution in [0.1, 0.15) is 38.9 Å². The summed E-state index contributed by atoms with van der Waals surface area (Å²) in [6.45, 7) is 7.67. The Bertz CT molecular complexity index is 962. The number of carbonyl (C=O) groups excluding carboxylic acids is 2. The van der Waals surface area contributed by atoms with Crippen LogP contribution in [0.15, 0.2) is 6.20 Å². The number of likely N-dealkylation sites (N-methyl/N-ethyl adjacent to an activating group) is 1. The summed E-state index contributed by atoms with van der Waals surface area (Å²) >= 11 is 6.36. The molecule has 0 aromatic carbocycles. The third-order valence-electron chi connectivity index (χ3n) is 5.35. The summed E-state index contributed by atoms with van der Waals surface area (Å²) in [5.41, 5.74) is 1.34. The van der Waals surface area contributed by atoms with Crippen LogP contribution >= 0.6 is 11.6 Å². The summed E-state index contributed by atoms with van der Waals surface area (Å²) in [5, 5.41) is 25.8. The van der Waals surface area contributed by atoms with Gasteiger partial charge in [0.2, 0.25) is 11.8 Å². The van der Waals surface area contributed by atoms with Gasteiger partial charge in [0.1, 0.15) is 22.9 Å². The molecule has 30 heavy (non-hydrogen) atoms. The second-order valence-corrected chi connectivity index (χ2v) is 9.10. The van der Waals surface area contributed by atoms with Gasteiger partial charge >= 0.3 is 0 Å². The van der Waals surface area contributed by atoms with E-state index in [9.17, 15) is 14.7 Å². The highest BCUT2D eigenvalue weighted by Crippen LogP contribution is 2.36. The Balaban J connectivity index is 1.99. The third-order valence-corrected chi connectivity index (χ3v) is 5.78. The molecule has 0 radical (unpaired) electrons. The highest BCUT2D eigenvalue weighted by molar-refractivity contribution is 6.32. The molecule has 164 valence electrons. The second-order valence-electron chi connectivity index (χ2n) is 8.74.